The van der Waals surface area contributed by atoms with Gasteiger partial charge in [0.25, 0.3) is 0 Å². The highest BCUT2D eigenvalue weighted by Crippen LogP contribution is 2.32. The lowest BCUT2D eigenvalue weighted by molar-refractivity contribution is 0.340. The molecular formula is C12H18N2O. The standard InChI is InChI=1S/C12H18N2O/c1-2-15-11-5-3-10(4-6-11)14-9-12(13)7-8-12/h3-6,14H,2,7-9,13H2,1H3. The van der Waals surface area contributed by atoms with Crippen molar-refractivity contribution in [1.82, 2.24) is 0 Å². The van der Waals surface area contributed by atoms with E-state index in [4.69, 9.17) is 10.5 Å². The largest absolute Gasteiger partial charge is 0.494 e. The summed E-state index contributed by atoms with van der Waals surface area (Å²) in [4.78, 5) is 0. The van der Waals surface area contributed by atoms with Crippen LogP contribution in [0, 0.1) is 0 Å². The number of nitrogens with one attached hydrogen (secondary N) is 1. The molecule has 0 aromatic heterocycles. The molecule has 0 spiro atoms. The van der Waals surface area contributed by atoms with Crippen LogP contribution >= 0.6 is 0 Å². The molecule has 0 amide bonds. The number of hydrogen-bond donors (Lipinski definition) is 2. The Hall–Kier alpha value is -1.22. The number of hydrogen-bond acceptors (Lipinski definition) is 3. The third-order valence-corrected chi connectivity index (χ3v) is 2.70. The Labute approximate surface area is 90.6 Å². The van der Waals surface area contributed by atoms with Gasteiger partial charge in [0.15, 0.2) is 0 Å². The monoisotopic (exact) mass is 206 g/mol. The van der Waals surface area contributed by atoms with Gasteiger partial charge in [0.1, 0.15) is 5.75 Å². The first-order valence-electron chi connectivity index (χ1n) is 5.47. The molecular weight excluding hydrogens is 188 g/mol. The Bertz CT molecular complexity index is 317. The zero-order chi connectivity index (χ0) is 10.7. The van der Waals surface area contributed by atoms with E-state index in [2.05, 4.69) is 5.32 Å². The van der Waals surface area contributed by atoms with E-state index >= 15 is 0 Å². The van der Waals surface area contributed by atoms with Crippen LogP contribution in [0.5, 0.6) is 5.75 Å². The molecule has 0 radical (unpaired) electrons. The summed E-state index contributed by atoms with van der Waals surface area (Å²) in [6.07, 6.45) is 2.27. The van der Waals surface area contributed by atoms with Crippen LogP contribution in [0.25, 0.3) is 0 Å². The predicted octanol–water partition coefficient (Wildman–Crippen LogP) is 1.99. The predicted molar refractivity (Wildman–Crippen MR) is 62.3 cm³/mol. The minimum absolute atomic E-state index is 0.0542. The number of ether oxygens (including phenoxy) is 1. The lowest BCUT2D eigenvalue weighted by Gasteiger charge is -2.11. The maximum atomic E-state index is 5.98. The Morgan fingerprint density at radius 1 is 1.33 bits per heavy atom. The molecule has 2 rings (SSSR count). The lowest BCUT2D eigenvalue weighted by Crippen LogP contribution is -2.30. The Morgan fingerprint density at radius 2 is 2.00 bits per heavy atom. The molecule has 3 N–H and O–H groups in total. The zero-order valence-electron chi connectivity index (χ0n) is 9.12. The van der Waals surface area contributed by atoms with E-state index < -0.39 is 0 Å². The first kappa shape index (κ1) is 10.3. The van der Waals surface area contributed by atoms with Gasteiger partial charge in [-0.25, -0.2) is 0 Å². The van der Waals surface area contributed by atoms with Crippen LogP contribution in [-0.2, 0) is 0 Å². The van der Waals surface area contributed by atoms with Crippen LogP contribution in [0.1, 0.15) is 19.8 Å². The summed E-state index contributed by atoms with van der Waals surface area (Å²) in [6.45, 7) is 3.55. The van der Waals surface area contributed by atoms with Crippen LogP contribution in [0.4, 0.5) is 5.69 Å². The van der Waals surface area contributed by atoms with Gasteiger partial charge in [-0.15, -0.1) is 0 Å². The number of rotatable bonds is 5. The summed E-state index contributed by atoms with van der Waals surface area (Å²) in [5.74, 6) is 0.914. The zero-order valence-corrected chi connectivity index (χ0v) is 9.12. The molecule has 3 nitrogen and oxygen atoms in total. The molecule has 1 fully saturated rings. The maximum Gasteiger partial charge on any atom is 0.119 e. The molecule has 0 aliphatic heterocycles. The highest BCUT2D eigenvalue weighted by atomic mass is 16.5. The minimum Gasteiger partial charge on any atom is -0.494 e. The first-order valence-corrected chi connectivity index (χ1v) is 5.47. The summed E-state index contributed by atoms with van der Waals surface area (Å²) in [5, 5.41) is 3.34. The van der Waals surface area contributed by atoms with Crippen molar-refractivity contribution in [3.63, 3.8) is 0 Å². The van der Waals surface area contributed by atoms with Crippen molar-refractivity contribution in [3.8, 4) is 5.75 Å². The fourth-order valence-corrected chi connectivity index (χ4v) is 1.45. The van der Waals surface area contributed by atoms with Crippen LogP contribution in [0.2, 0.25) is 0 Å². The molecule has 1 aliphatic carbocycles. The van der Waals surface area contributed by atoms with E-state index in [9.17, 15) is 0 Å². The van der Waals surface area contributed by atoms with Gasteiger partial charge < -0.3 is 15.8 Å². The third-order valence-electron chi connectivity index (χ3n) is 2.70. The van der Waals surface area contributed by atoms with Crippen molar-refractivity contribution >= 4 is 5.69 Å². The van der Waals surface area contributed by atoms with Gasteiger partial charge in [0.05, 0.1) is 6.61 Å². The second kappa shape index (κ2) is 4.11. The summed E-state index contributed by atoms with van der Waals surface area (Å²) in [6, 6.07) is 8.00. The molecule has 1 aromatic rings. The molecule has 82 valence electrons. The van der Waals surface area contributed by atoms with Gasteiger partial charge in [0, 0.05) is 17.8 Å². The van der Waals surface area contributed by atoms with Gasteiger partial charge in [-0.05, 0) is 44.0 Å². The van der Waals surface area contributed by atoms with Gasteiger partial charge in [-0.2, -0.15) is 0 Å². The summed E-state index contributed by atoms with van der Waals surface area (Å²) in [7, 11) is 0. The lowest BCUT2D eigenvalue weighted by atomic mass is 10.2. The van der Waals surface area contributed by atoms with Crippen LogP contribution in [-0.4, -0.2) is 18.7 Å². The van der Waals surface area contributed by atoms with E-state index in [0.717, 1.165) is 30.8 Å². The van der Waals surface area contributed by atoms with Gasteiger partial charge in [-0.3, -0.25) is 0 Å². The van der Waals surface area contributed by atoms with Crippen molar-refractivity contribution in [1.29, 1.82) is 0 Å². The van der Waals surface area contributed by atoms with Crippen LogP contribution < -0.4 is 15.8 Å². The maximum absolute atomic E-state index is 5.98. The smallest absolute Gasteiger partial charge is 0.119 e. The van der Waals surface area contributed by atoms with E-state index in [1.54, 1.807) is 0 Å². The SMILES string of the molecule is CCOc1ccc(NCC2(N)CC2)cc1. The summed E-state index contributed by atoms with van der Waals surface area (Å²) >= 11 is 0. The molecule has 3 heteroatoms. The van der Waals surface area contributed by atoms with Crippen molar-refractivity contribution < 1.29 is 4.74 Å². The Balaban J connectivity index is 1.86. The molecule has 0 saturated heterocycles. The fraction of sp³-hybridized carbons (Fsp3) is 0.500. The second-order valence-corrected chi connectivity index (χ2v) is 4.17. The number of benzene rings is 1. The Kier molecular flexibility index (Phi) is 2.82. The van der Waals surface area contributed by atoms with E-state index in [1.807, 2.05) is 31.2 Å². The number of anilines is 1. The summed E-state index contributed by atoms with van der Waals surface area (Å²) in [5.41, 5.74) is 7.15. The highest BCUT2D eigenvalue weighted by molar-refractivity contribution is 5.46. The highest BCUT2D eigenvalue weighted by Gasteiger charge is 2.37. The minimum atomic E-state index is 0.0542. The normalized spacial score (nSPS) is 17.2. The second-order valence-electron chi connectivity index (χ2n) is 4.17. The van der Waals surface area contributed by atoms with E-state index in [-0.39, 0.29) is 5.54 Å². The van der Waals surface area contributed by atoms with Gasteiger partial charge >= 0.3 is 0 Å². The number of nitrogens with two attached hydrogens (primary N) is 1. The third kappa shape index (κ3) is 2.86. The Morgan fingerprint density at radius 3 is 2.53 bits per heavy atom. The van der Waals surface area contributed by atoms with E-state index in [1.165, 1.54) is 0 Å². The molecule has 0 bridgehead atoms. The summed E-state index contributed by atoms with van der Waals surface area (Å²) < 4.78 is 5.37. The van der Waals surface area contributed by atoms with Crippen LogP contribution in [0.15, 0.2) is 24.3 Å². The van der Waals surface area contributed by atoms with E-state index in [0.29, 0.717) is 6.61 Å². The van der Waals surface area contributed by atoms with Crippen LogP contribution in [0.3, 0.4) is 0 Å². The van der Waals surface area contributed by atoms with Crippen molar-refractivity contribution in [2.24, 2.45) is 5.73 Å². The topological polar surface area (TPSA) is 47.3 Å². The molecule has 1 aliphatic rings. The molecule has 0 unspecified atom stereocenters. The molecule has 1 aromatic carbocycles. The quantitative estimate of drug-likeness (QED) is 0.774. The fourth-order valence-electron chi connectivity index (χ4n) is 1.45. The average Bonchev–Trinajstić information content (AvgIpc) is 2.97. The molecule has 0 heterocycles. The molecule has 15 heavy (non-hydrogen) atoms. The van der Waals surface area contributed by atoms with Crippen molar-refractivity contribution in [2.75, 3.05) is 18.5 Å². The molecule has 1 saturated carbocycles. The van der Waals surface area contributed by atoms with Gasteiger partial charge in [0.2, 0.25) is 0 Å². The van der Waals surface area contributed by atoms with Gasteiger partial charge in [-0.1, -0.05) is 0 Å². The first-order chi connectivity index (χ1) is 7.22. The molecule has 0 atom stereocenters. The van der Waals surface area contributed by atoms with Crippen molar-refractivity contribution in [3.05, 3.63) is 24.3 Å². The average molecular weight is 206 g/mol. The van der Waals surface area contributed by atoms with Crippen molar-refractivity contribution in [2.45, 2.75) is 25.3 Å².